The Morgan fingerprint density at radius 1 is 1.17 bits per heavy atom. The molecule has 0 spiro atoms. The Bertz CT molecular complexity index is 1630. The molecule has 2 unspecified atom stereocenters. The second kappa shape index (κ2) is 12.7. The fourth-order valence-corrected chi connectivity index (χ4v) is 5.69. The van der Waals surface area contributed by atoms with Gasteiger partial charge in [-0.1, -0.05) is 41.9 Å². The van der Waals surface area contributed by atoms with Gasteiger partial charge in [-0.25, -0.2) is 4.98 Å². The van der Waals surface area contributed by atoms with Gasteiger partial charge in [0, 0.05) is 21.5 Å². The first-order valence-electron chi connectivity index (χ1n) is 12.5. The molecule has 8 nitrogen and oxygen atoms in total. The maximum atomic E-state index is 14.6. The van der Waals surface area contributed by atoms with E-state index in [0.29, 0.717) is 47.2 Å². The number of hydrogen-bond donors (Lipinski definition) is 3. The maximum Gasteiger partial charge on any atom is 0.429 e. The number of allylic oxidation sites excluding steroid dienone is 1. The fourth-order valence-electron chi connectivity index (χ4n) is 4.57. The molecule has 2 aromatic carbocycles. The average molecular weight is 641 g/mol. The van der Waals surface area contributed by atoms with Gasteiger partial charge in [-0.15, -0.1) is 23.7 Å². The molecule has 5 N–H and O–H groups in total. The van der Waals surface area contributed by atoms with Crippen LogP contribution in [0, 0.1) is 0 Å². The number of carboxylic acids is 1. The summed E-state index contributed by atoms with van der Waals surface area (Å²) in [6.45, 7) is 0.482. The number of rotatable bonds is 8. The van der Waals surface area contributed by atoms with Crippen molar-refractivity contribution in [2.24, 2.45) is 5.73 Å². The predicted molar refractivity (Wildman–Crippen MR) is 158 cm³/mol. The van der Waals surface area contributed by atoms with Crippen LogP contribution in [-0.4, -0.2) is 39.9 Å². The Labute approximate surface area is 253 Å². The van der Waals surface area contributed by atoms with Gasteiger partial charge in [0.15, 0.2) is 0 Å². The molecule has 0 bridgehead atoms. The summed E-state index contributed by atoms with van der Waals surface area (Å²) in [7, 11) is 0. The average Bonchev–Trinajstić information content (AvgIpc) is 3.36. The van der Waals surface area contributed by atoms with Gasteiger partial charge in [0.05, 0.1) is 18.4 Å². The van der Waals surface area contributed by atoms with E-state index in [-0.39, 0.29) is 51.5 Å². The second-order valence-corrected chi connectivity index (χ2v) is 10.8. The van der Waals surface area contributed by atoms with Gasteiger partial charge in [-0.05, 0) is 53.7 Å². The number of carboxylic acid groups (broad SMARTS) is 1. The largest absolute Gasteiger partial charge is 0.501 e. The minimum absolute atomic E-state index is 0. The molecule has 4 aromatic rings. The predicted octanol–water partition coefficient (Wildman–Crippen LogP) is 6.80. The third kappa shape index (κ3) is 6.73. The van der Waals surface area contributed by atoms with Crippen LogP contribution in [0.2, 0.25) is 5.02 Å². The lowest BCUT2D eigenvalue weighted by Gasteiger charge is -2.25. The summed E-state index contributed by atoms with van der Waals surface area (Å²) >= 11 is 7.29. The Balaban J connectivity index is 0.00000405. The molecular weight excluding hydrogens is 616 g/mol. The van der Waals surface area contributed by atoms with E-state index in [2.05, 4.69) is 9.97 Å². The summed E-state index contributed by atoms with van der Waals surface area (Å²) < 4.78 is 55.0. The third-order valence-corrected chi connectivity index (χ3v) is 7.74. The van der Waals surface area contributed by atoms with Crippen molar-refractivity contribution in [3.8, 4) is 17.0 Å². The molecule has 0 aliphatic carbocycles. The number of nitrogens with two attached hydrogens (primary N) is 2. The van der Waals surface area contributed by atoms with Crippen LogP contribution in [0.1, 0.15) is 35.6 Å². The Morgan fingerprint density at radius 3 is 2.55 bits per heavy atom. The summed E-state index contributed by atoms with van der Waals surface area (Å²) in [5, 5.41) is 11.1. The molecule has 2 atom stereocenters. The van der Waals surface area contributed by atoms with Gasteiger partial charge in [-0.3, -0.25) is 4.79 Å². The number of alkyl halides is 3. The summed E-state index contributed by atoms with van der Waals surface area (Å²) in [5.74, 6) is -1.66. The number of aliphatic carboxylic acids is 1. The highest BCUT2D eigenvalue weighted by Gasteiger charge is 2.45. The van der Waals surface area contributed by atoms with E-state index < -0.39 is 24.3 Å². The molecule has 1 aliphatic rings. The van der Waals surface area contributed by atoms with Gasteiger partial charge in [-0.2, -0.15) is 18.2 Å². The number of halogens is 5. The molecule has 3 heterocycles. The monoisotopic (exact) mass is 640 g/mol. The zero-order valence-electron chi connectivity index (χ0n) is 21.7. The zero-order valence-corrected chi connectivity index (χ0v) is 24.1. The minimum atomic E-state index is -4.81. The van der Waals surface area contributed by atoms with E-state index in [1.165, 1.54) is 24.5 Å². The van der Waals surface area contributed by atoms with Crippen LogP contribution in [0.3, 0.4) is 0 Å². The smallest absolute Gasteiger partial charge is 0.429 e. The van der Waals surface area contributed by atoms with Crippen LogP contribution in [0.4, 0.5) is 19.1 Å². The molecule has 0 amide bonds. The van der Waals surface area contributed by atoms with Gasteiger partial charge in [0.2, 0.25) is 17.9 Å². The third-order valence-electron chi connectivity index (χ3n) is 6.54. The molecule has 1 aliphatic heterocycles. The highest BCUT2D eigenvalue weighted by molar-refractivity contribution is 7.18. The molecule has 0 radical (unpaired) electrons. The van der Waals surface area contributed by atoms with E-state index in [4.69, 9.17) is 37.6 Å². The topological polar surface area (TPSA) is 134 Å². The van der Waals surface area contributed by atoms with Crippen LogP contribution in [-0.2, 0) is 16.0 Å². The first-order valence-corrected chi connectivity index (χ1v) is 13.7. The molecule has 14 heteroatoms. The van der Waals surface area contributed by atoms with Crippen molar-refractivity contribution in [2.75, 3.05) is 12.3 Å². The van der Waals surface area contributed by atoms with E-state index in [1.54, 1.807) is 29.6 Å². The van der Waals surface area contributed by atoms with Crippen molar-refractivity contribution >= 4 is 63.1 Å². The molecule has 42 heavy (non-hydrogen) atoms. The highest BCUT2D eigenvalue weighted by Crippen LogP contribution is 2.44. The summed E-state index contributed by atoms with van der Waals surface area (Å²) in [6.07, 6.45) is -4.40. The lowest BCUT2D eigenvalue weighted by Crippen LogP contribution is -2.32. The van der Waals surface area contributed by atoms with E-state index in [9.17, 15) is 18.0 Å². The minimum Gasteiger partial charge on any atom is -0.501 e. The number of nitrogens with zero attached hydrogens (tertiary/aromatic N) is 2. The summed E-state index contributed by atoms with van der Waals surface area (Å²) in [4.78, 5) is 19.4. The number of thiophene rings is 1. The van der Waals surface area contributed by atoms with Crippen molar-refractivity contribution in [3.63, 3.8) is 0 Å². The summed E-state index contributed by atoms with van der Waals surface area (Å²) in [6, 6.07) is 10.1. The number of benzene rings is 2. The lowest BCUT2D eigenvalue weighted by atomic mass is 9.93. The number of nitrogen functional groups attached to an aromatic ring is 1. The van der Waals surface area contributed by atoms with Crippen LogP contribution >= 0.6 is 35.3 Å². The quantitative estimate of drug-likeness (QED) is 0.191. The molecule has 2 aromatic heterocycles. The van der Waals surface area contributed by atoms with Crippen molar-refractivity contribution < 1.29 is 32.5 Å². The molecule has 222 valence electrons. The zero-order chi connectivity index (χ0) is 29.3. The molecule has 0 fully saturated rings. The Kier molecular flexibility index (Phi) is 9.51. The van der Waals surface area contributed by atoms with Gasteiger partial charge in [0.1, 0.15) is 10.7 Å². The van der Waals surface area contributed by atoms with Gasteiger partial charge >= 0.3 is 12.1 Å². The van der Waals surface area contributed by atoms with E-state index in [0.717, 1.165) is 11.3 Å². The van der Waals surface area contributed by atoms with Crippen LogP contribution in [0.15, 0.2) is 54.1 Å². The number of hydrogen-bond acceptors (Lipinski definition) is 8. The Morgan fingerprint density at radius 2 is 1.90 bits per heavy atom. The Hall–Kier alpha value is -3.58. The summed E-state index contributed by atoms with van der Waals surface area (Å²) in [5.41, 5.74) is 14.7. The van der Waals surface area contributed by atoms with E-state index >= 15 is 0 Å². The van der Waals surface area contributed by atoms with Crippen LogP contribution in [0.25, 0.3) is 26.9 Å². The highest BCUT2D eigenvalue weighted by atomic mass is 35.5. The molecule has 0 saturated heterocycles. The SMILES string of the molecule is Cl.Nc1nc(OC(c2ccc(Cl)cc2C2=COCCC2)C(F)(F)F)c2scc(-c3ccc(CC(N)C(=O)O)cc3)c2n1. The van der Waals surface area contributed by atoms with Crippen molar-refractivity contribution in [1.82, 2.24) is 9.97 Å². The first-order chi connectivity index (χ1) is 19.5. The molecule has 5 rings (SSSR count). The number of anilines is 1. The standard InChI is InChI=1S/C28H24ClF3N4O4S.ClH/c29-17-7-8-18(19(11-17)16-2-1-9-39-12-16)24(28(30,31)32)40-25-23-22(35-27(34)36-25)20(13-41-23)15-5-3-14(4-6-15)10-21(33)26(37)38;/h3-8,11-13,21,24H,1-2,9-10,33H2,(H,37,38)(H2,34,35,36);1H. The maximum absolute atomic E-state index is 14.6. The van der Waals surface area contributed by atoms with Crippen LogP contribution in [0.5, 0.6) is 5.88 Å². The second-order valence-electron chi connectivity index (χ2n) is 9.45. The van der Waals surface area contributed by atoms with Crippen LogP contribution < -0.4 is 16.2 Å². The first kappa shape index (κ1) is 31.4. The van der Waals surface area contributed by atoms with Crippen molar-refractivity contribution in [2.45, 2.75) is 37.6 Å². The number of fused-ring (bicyclic) bond motifs is 1. The van der Waals surface area contributed by atoms with Crippen molar-refractivity contribution in [1.29, 1.82) is 0 Å². The number of ether oxygens (including phenoxy) is 2. The van der Waals surface area contributed by atoms with Crippen molar-refractivity contribution in [3.05, 3.63) is 75.8 Å². The molecule has 0 saturated carbocycles. The van der Waals surface area contributed by atoms with Gasteiger partial charge < -0.3 is 26.0 Å². The normalized spacial score (nSPS) is 14.8. The fraction of sp³-hybridized carbons (Fsp3) is 0.250. The number of aromatic nitrogens is 2. The van der Waals surface area contributed by atoms with Gasteiger partial charge in [0.25, 0.3) is 0 Å². The van der Waals surface area contributed by atoms with E-state index in [1.807, 2.05) is 0 Å². The number of carbonyl (C=O) groups is 1. The lowest BCUT2D eigenvalue weighted by molar-refractivity contribution is -0.198. The molecular formula is C28H25Cl2F3N4O4S.